The number of carboxylic acid groups (broad SMARTS) is 1. The SMILES string of the molecule is O=C(NCCc1cccs1)NCc1cc(C(=O)O)ccn1. The van der Waals surface area contributed by atoms with Crippen LogP contribution in [0.1, 0.15) is 20.9 Å². The van der Waals surface area contributed by atoms with Gasteiger partial charge in [-0.2, -0.15) is 0 Å². The lowest BCUT2D eigenvalue weighted by molar-refractivity contribution is 0.0696. The third-order valence-corrected chi connectivity index (χ3v) is 3.67. The van der Waals surface area contributed by atoms with Crippen LogP contribution in [0.3, 0.4) is 0 Å². The molecule has 0 aliphatic rings. The van der Waals surface area contributed by atoms with Gasteiger partial charge in [-0.15, -0.1) is 11.3 Å². The number of carbonyl (C=O) groups excluding carboxylic acids is 1. The molecule has 2 aromatic heterocycles. The maximum atomic E-state index is 11.6. The molecule has 0 aromatic carbocycles. The molecular formula is C14H15N3O3S. The number of carboxylic acids is 1. The summed E-state index contributed by atoms with van der Waals surface area (Å²) in [6.45, 7) is 0.737. The van der Waals surface area contributed by atoms with Crippen molar-refractivity contribution in [3.63, 3.8) is 0 Å². The Morgan fingerprint density at radius 3 is 2.86 bits per heavy atom. The van der Waals surface area contributed by atoms with E-state index in [1.54, 1.807) is 11.3 Å². The first-order valence-electron chi connectivity index (χ1n) is 6.37. The summed E-state index contributed by atoms with van der Waals surface area (Å²) in [5.41, 5.74) is 0.656. The molecule has 0 saturated carbocycles. The molecule has 0 radical (unpaired) electrons. The number of hydrogen-bond donors (Lipinski definition) is 3. The molecule has 6 nitrogen and oxygen atoms in total. The summed E-state index contributed by atoms with van der Waals surface area (Å²) in [5, 5.41) is 16.2. The Bertz CT molecular complexity index is 614. The molecule has 110 valence electrons. The highest BCUT2D eigenvalue weighted by Gasteiger charge is 2.05. The van der Waals surface area contributed by atoms with E-state index < -0.39 is 5.97 Å². The standard InChI is InChI=1S/C14H15N3O3S/c18-13(19)10-3-5-15-11(8-10)9-17-14(20)16-6-4-12-2-1-7-21-12/h1-3,5,7-8H,4,6,9H2,(H,18,19)(H2,16,17,20). The lowest BCUT2D eigenvalue weighted by atomic mass is 10.2. The van der Waals surface area contributed by atoms with Gasteiger partial charge < -0.3 is 15.7 Å². The minimum atomic E-state index is -1.01. The predicted octanol–water partition coefficient (Wildman–Crippen LogP) is 1.88. The average molecular weight is 305 g/mol. The van der Waals surface area contributed by atoms with Crippen molar-refractivity contribution in [1.82, 2.24) is 15.6 Å². The molecule has 2 aromatic rings. The second kappa shape index (κ2) is 7.39. The maximum Gasteiger partial charge on any atom is 0.335 e. The summed E-state index contributed by atoms with van der Waals surface area (Å²) in [5.74, 6) is -1.01. The lowest BCUT2D eigenvalue weighted by Gasteiger charge is -2.07. The van der Waals surface area contributed by atoms with E-state index in [1.807, 2.05) is 17.5 Å². The third kappa shape index (κ3) is 4.88. The van der Waals surface area contributed by atoms with Gasteiger partial charge in [0.25, 0.3) is 0 Å². The monoisotopic (exact) mass is 305 g/mol. The number of pyridine rings is 1. The van der Waals surface area contributed by atoms with Crippen LogP contribution in [0.15, 0.2) is 35.8 Å². The normalized spacial score (nSPS) is 10.1. The molecule has 3 N–H and O–H groups in total. The molecule has 0 atom stereocenters. The minimum absolute atomic E-state index is 0.153. The summed E-state index contributed by atoms with van der Waals surface area (Å²) in [4.78, 5) is 27.6. The number of amides is 2. The van der Waals surface area contributed by atoms with Gasteiger partial charge in [0.1, 0.15) is 0 Å². The van der Waals surface area contributed by atoms with Gasteiger partial charge in [0, 0.05) is 17.6 Å². The van der Waals surface area contributed by atoms with Crippen molar-refractivity contribution in [2.75, 3.05) is 6.54 Å². The van der Waals surface area contributed by atoms with Gasteiger partial charge in [0.15, 0.2) is 0 Å². The van der Waals surface area contributed by atoms with E-state index in [0.29, 0.717) is 12.2 Å². The molecular weight excluding hydrogens is 290 g/mol. The summed E-state index contributed by atoms with van der Waals surface area (Å²) in [7, 11) is 0. The van der Waals surface area contributed by atoms with E-state index in [2.05, 4.69) is 15.6 Å². The molecule has 0 aliphatic heterocycles. The van der Waals surface area contributed by atoms with Crippen LogP contribution in [0.5, 0.6) is 0 Å². The number of carbonyl (C=O) groups is 2. The Labute approximate surface area is 125 Å². The zero-order valence-corrected chi connectivity index (χ0v) is 12.0. The summed E-state index contributed by atoms with van der Waals surface area (Å²) >= 11 is 1.65. The van der Waals surface area contributed by atoms with Gasteiger partial charge in [0.2, 0.25) is 0 Å². The van der Waals surface area contributed by atoms with E-state index >= 15 is 0 Å². The van der Waals surface area contributed by atoms with Crippen LogP contribution in [-0.4, -0.2) is 28.6 Å². The Hall–Kier alpha value is -2.41. The minimum Gasteiger partial charge on any atom is -0.478 e. The number of aromatic carboxylic acids is 1. The number of aromatic nitrogens is 1. The fourth-order valence-corrected chi connectivity index (χ4v) is 2.40. The molecule has 2 rings (SSSR count). The van der Waals surface area contributed by atoms with Crippen LogP contribution in [0.25, 0.3) is 0 Å². The summed E-state index contributed by atoms with van der Waals surface area (Å²) < 4.78 is 0. The van der Waals surface area contributed by atoms with E-state index in [4.69, 9.17) is 5.11 Å². The van der Waals surface area contributed by atoms with Crippen molar-refractivity contribution in [2.45, 2.75) is 13.0 Å². The molecule has 0 saturated heterocycles. The van der Waals surface area contributed by atoms with Gasteiger partial charge >= 0.3 is 12.0 Å². The molecule has 0 unspecified atom stereocenters. The first-order chi connectivity index (χ1) is 10.1. The average Bonchev–Trinajstić information content (AvgIpc) is 2.99. The molecule has 0 aliphatic carbocycles. The number of rotatable bonds is 6. The lowest BCUT2D eigenvalue weighted by Crippen LogP contribution is -2.36. The summed E-state index contributed by atoms with van der Waals surface area (Å²) in [6.07, 6.45) is 2.20. The highest BCUT2D eigenvalue weighted by Crippen LogP contribution is 2.08. The fourth-order valence-electron chi connectivity index (χ4n) is 1.70. The van der Waals surface area contributed by atoms with Crippen LogP contribution in [-0.2, 0) is 13.0 Å². The highest BCUT2D eigenvalue weighted by molar-refractivity contribution is 7.09. The second-order valence-corrected chi connectivity index (χ2v) is 5.31. The van der Waals surface area contributed by atoms with Crippen LogP contribution >= 0.6 is 11.3 Å². The predicted molar refractivity (Wildman–Crippen MR) is 79.5 cm³/mol. The molecule has 0 spiro atoms. The van der Waals surface area contributed by atoms with Crippen molar-refractivity contribution in [2.24, 2.45) is 0 Å². The van der Waals surface area contributed by atoms with E-state index in [0.717, 1.165) is 6.42 Å². The quantitative estimate of drug-likeness (QED) is 0.760. The molecule has 2 heterocycles. The summed E-state index contributed by atoms with van der Waals surface area (Å²) in [6, 6.07) is 6.54. The molecule has 0 fully saturated rings. The Morgan fingerprint density at radius 2 is 2.14 bits per heavy atom. The van der Waals surface area contributed by atoms with Gasteiger partial charge in [-0.25, -0.2) is 9.59 Å². The van der Waals surface area contributed by atoms with Gasteiger partial charge in [-0.05, 0) is 30.0 Å². The van der Waals surface area contributed by atoms with Crippen molar-refractivity contribution < 1.29 is 14.7 Å². The van der Waals surface area contributed by atoms with E-state index in [-0.39, 0.29) is 18.1 Å². The van der Waals surface area contributed by atoms with Crippen LogP contribution in [0.4, 0.5) is 4.79 Å². The maximum absolute atomic E-state index is 11.6. The molecule has 2 amide bonds. The van der Waals surface area contributed by atoms with E-state index in [1.165, 1.54) is 23.2 Å². The topological polar surface area (TPSA) is 91.3 Å². The third-order valence-electron chi connectivity index (χ3n) is 2.73. The Balaban J connectivity index is 1.73. The first kappa shape index (κ1) is 15.0. The van der Waals surface area contributed by atoms with Crippen LogP contribution in [0.2, 0.25) is 0 Å². The number of nitrogens with one attached hydrogen (secondary N) is 2. The highest BCUT2D eigenvalue weighted by atomic mass is 32.1. The zero-order valence-electron chi connectivity index (χ0n) is 11.2. The molecule has 0 bridgehead atoms. The van der Waals surface area contributed by atoms with E-state index in [9.17, 15) is 9.59 Å². The second-order valence-electron chi connectivity index (χ2n) is 4.28. The van der Waals surface area contributed by atoms with Gasteiger partial charge in [0.05, 0.1) is 17.8 Å². The van der Waals surface area contributed by atoms with Crippen molar-refractivity contribution >= 4 is 23.3 Å². The largest absolute Gasteiger partial charge is 0.478 e. The number of thiophene rings is 1. The number of urea groups is 1. The van der Waals surface area contributed by atoms with Crippen LogP contribution < -0.4 is 10.6 Å². The fraction of sp³-hybridized carbons (Fsp3) is 0.214. The van der Waals surface area contributed by atoms with Crippen LogP contribution in [0, 0.1) is 0 Å². The van der Waals surface area contributed by atoms with Crippen molar-refractivity contribution in [3.8, 4) is 0 Å². The first-order valence-corrected chi connectivity index (χ1v) is 7.25. The zero-order chi connectivity index (χ0) is 15.1. The smallest absolute Gasteiger partial charge is 0.335 e. The molecule has 7 heteroatoms. The number of hydrogen-bond acceptors (Lipinski definition) is 4. The van der Waals surface area contributed by atoms with Crippen molar-refractivity contribution in [1.29, 1.82) is 0 Å². The Kier molecular flexibility index (Phi) is 5.28. The molecule has 21 heavy (non-hydrogen) atoms. The van der Waals surface area contributed by atoms with Gasteiger partial charge in [-0.3, -0.25) is 4.98 Å². The van der Waals surface area contributed by atoms with Gasteiger partial charge in [-0.1, -0.05) is 6.07 Å². The van der Waals surface area contributed by atoms with Crippen molar-refractivity contribution in [3.05, 3.63) is 52.0 Å². The number of nitrogens with zero attached hydrogens (tertiary/aromatic N) is 1. The Morgan fingerprint density at radius 1 is 1.29 bits per heavy atom.